The lowest BCUT2D eigenvalue weighted by Crippen LogP contribution is -2.40. The maximum atomic E-state index is 13.2. The van der Waals surface area contributed by atoms with E-state index in [1.165, 1.54) is 11.3 Å². The summed E-state index contributed by atoms with van der Waals surface area (Å²) in [6, 6.07) is 7.28. The number of fused-ring (bicyclic) bond motifs is 1. The fraction of sp³-hybridized carbons (Fsp3) is 0.435. The Hall–Kier alpha value is -3.27. The first-order chi connectivity index (χ1) is 15.7. The molecule has 9 nitrogen and oxygen atoms in total. The Morgan fingerprint density at radius 2 is 2.06 bits per heavy atom. The summed E-state index contributed by atoms with van der Waals surface area (Å²) in [5, 5.41) is 8.16. The average Bonchev–Trinajstić information content (AvgIpc) is 3.42. The topological polar surface area (TPSA) is 109 Å². The van der Waals surface area contributed by atoms with Gasteiger partial charge in [0.25, 0.3) is 5.91 Å². The largest absolute Gasteiger partial charge is 0.444 e. The molecule has 1 fully saturated rings. The standard InChI is InChI=1S/C23H28N6O3S/c1-14(16-7-5-6-10-24-16)25-21-27-17-9-12-33-19(17)18(28-21)20(30)26-15-8-11-29(13-15)22(31)32-23(2,3)4/h5-7,9-10,12,14-15H,8,11,13H2,1-4H3,(H,26,30)(H,25,27,28)/t14-,15-/m0/s1. The van der Waals surface area contributed by atoms with Crippen LogP contribution in [0.2, 0.25) is 0 Å². The molecule has 0 saturated carbocycles. The lowest BCUT2D eigenvalue weighted by molar-refractivity contribution is 0.0290. The Balaban J connectivity index is 1.47. The minimum absolute atomic E-state index is 0.129. The zero-order chi connectivity index (χ0) is 23.6. The highest BCUT2D eigenvalue weighted by molar-refractivity contribution is 7.17. The maximum absolute atomic E-state index is 13.2. The summed E-state index contributed by atoms with van der Waals surface area (Å²) in [6.45, 7) is 8.41. The fourth-order valence-corrected chi connectivity index (χ4v) is 4.42. The summed E-state index contributed by atoms with van der Waals surface area (Å²) in [5.74, 6) is 0.0837. The number of anilines is 1. The van der Waals surface area contributed by atoms with Gasteiger partial charge in [0.15, 0.2) is 5.69 Å². The van der Waals surface area contributed by atoms with E-state index in [1.807, 2.05) is 57.3 Å². The number of carbonyl (C=O) groups is 2. The van der Waals surface area contributed by atoms with E-state index in [1.54, 1.807) is 11.1 Å². The van der Waals surface area contributed by atoms with Crippen LogP contribution >= 0.6 is 11.3 Å². The van der Waals surface area contributed by atoms with Gasteiger partial charge in [0.1, 0.15) is 5.60 Å². The molecule has 4 rings (SSSR count). The molecule has 2 atom stereocenters. The van der Waals surface area contributed by atoms with E-state index in [0.717, 1.165) is 10.4 Å². The first kappa shape index (κ1) is 22.9. The van der Waals surface area contributed by atoms with Crippen LogP contribution in [0.1, 0.15) is 56.3 Å². The van der Waals surface area contributed by atoms with Crippen molar-refractivity contribution in [1.29, 1.82) is 0 Å². The highest BCUT2D eigenvalue weighted by Crippen LogP contribution is 2.25. The SMILES string of the molecule is C[C@H](Nc1nc(C(=O)N[C@H]2CCN(C(=O)OC(C)(C)C)C2)c2sccc2n1)c1ccccn1. The molecule has 0 radical (unpaired) electrons. The normalized spacial score (nSPS) is 17.1. The summed E-state index contributed by atoms with van der Waals surface area (Å²) in [5.41, 5.74) is 1.32. The number of likely N-dealkylation sites (tertiary alicyclic amines) is 1. The van der Waals surface area contributed by atoms with Crippen LogP contribution in [0.3, 0.4) is 0 Å². The van der Waals surface area contributed by atoms with Crippen molar-refractivity contribution in [3.05, 3.63) is 47.2 Å². The van der Waals surface area contributed by atoms with Gasteiger partial charge in [-0.2, -0.15) is 0 Å². The molecule has 0 aliphatic carbocycles. The molecular weight excluding hydrogens is 440 g/mol. The van der Waals surface area contributed by atoms with Crippen molar-refractivity contribution in [2.75, 3.05) is 18.4 Å². The van der Waals surface area contributed by atoms with E-state index in [9.17, 15) is 9.59 Å². The number of nitrogens with zero attached hydrogens (tertiary/aromatic N) is 4. The molecule has 1 saturated heterocycles. The molecule has 1 aliphatic rings. The highest BCUT2D eigenvalue weighted by Gasteiger charge is 2.31. The third-order valence-electron chi connectivity index (χ3n) is 5.17. The van der Waals surface area contributed by atoms with E-state index >= 15 is 0 Å². The lowest BCUT2D eigenvalue weighted by atomic mass is 10.2. The van der Waals surface area contributed by atoms with Gasteiger partial charge in [0.2, 0.25) is 5.95 Å². The summed E-state index contributed by atoms with van der Waals surface area (Å²) in [7, 11) is 0. The first-order valence-electron chi connectivity index (χ1n) is 10.9. The first-order valence-corrected chi connectivity index (χ1v) is 11.8. The molecule has 3 aromatic heterocycles. The molecule has 0 spiro atoms. The van der Waals surface area contributed by atoms with Gasteiger partial charge in [-0.15, -0.1) is 11.3 Å². The van der Waals surface area contributed by atoms with Gasteiger partial charge in [-0.1, -0.05) is 6.07 Å². The number of rotatable bonds is 5. The van der Waals surface area contributed by atoms with Crippen molar-refractivity contribution in [2.24, 2.45) is 0 Å². The van der Waals surface area contributed by atoms with E-state index in [2.05, 4.69) is 25.6 Å². The second-order valence-electron chi connectivity index (χ2n) is 9.04. The molecular formula is C23H28N6O3S. The highest BCUT2D eigenvalue weighted by atomic mass is 32.1. The summed E-state index contributed by atoms with van der Waals surface area (Å²) < 4.78 is 6.17. The predicted molar refractivity (Wildman–Crippen MR) is 127 cm³/mol. The molecule has 2 N–H and O–H groups in total. The smallest absolute Gasteiger partial charge is 0.410 e. The van der Waals surface area contributed by atoms with Crippen LogP contribution in [0.5, 0.6) is 0 Å². The summed E-state index contributed by atoms with van der Waals surface area (Å²) >= 11 is 1.43. The Labute approximate surface area is 196 Å². The Bertz CT molecular complexity index is 1140. The number of hydrogen-bond acceptors (Lipinski definition) is 8. The number of ether oxygens (including phenoxy) is 1. The quantitative estimate of drug-likeness (QED) is 0.582. The zero-order valence-corrected chi connectivity index (χ0v) is 20.0. The van der Waals surface area contributed by atoms with Gasteiger partial charge in [0.05, 0.1) is 22.0 Å². The van der Waals surface area contributed by atoms with Crippen LogP contribution in [0.25, 0.3) is 10.2 Å². The van der Waals surface area contributed by atoms with Crippen molar-refractivity contribution >= 4 is 39.5 Å². The van der Waals surface area contributed by atoms with E-state index in [0.29, 0.717) is 36.7 Å². The van der Waals surface area contributed by atoms with Crippen LogP contribution in [0.15, 0.2) is 35.8 Å². The molecule has 174 valence electrons. The molecule has 2 amide bonds. The lowest BCUT2D eigenvalue weighted by Gasteiger charge is -2.24. The predicted octanol–water partition coefficient (Wildman–Crippen LogP) is 4.00. The minimum atomic E-state index is -0.556. The van der Waals surface area contributed by atoms with Crippen LogP contribution in [-0.2, 0) is 4.74 Å². The van der Waals surface area contributed by atoms with Crippen LogP contribution in [0, 0.1) is 0 Å². The molecule has 10 heteroatoms. The van der Waals surface area contributed by atoms with Crippen molar-refractivity contribution < 1.29 is 14.3 Å². The minimum Gasteiger partial charge on any atom is -0.444 e. The van der Waals surface area contributed by atoms with Gasteiger partial charge in [-0.25, -0.2) is 14.8 Å². The number of thiophene rings is 1. The molecule has 33 heavy (non-hydrogen) atoms. The van der Waals surface area contributed by atoms with Crippen molar-refractivity contribution in [3.63, 3.8) is 0 Å². The third-order valence-corrected chi connectivity index (χ3v) is 6.08. The van der Waals surface area contributed by atoms with Gasteiger partial charge >= 0.3 is 6.09 Å². The van der Waals surface area contributed by atoms with Gasteiger partial charge in [0, 0.05) is 25.3 Å². The Morgan fingerprint density at radius 1 is 1.24 bits per heavy atom. The molecule has 0 unspecified atom stereocenters. The number of carbonyl (C=O) groups excluding carboxylic acids is 2. The monoisotopic (exact) mass is 468 g/mol. The number of hydrogen-bond donors (Lipinski definition) is 2. The Morgan fingerprint density at radius 3 is 2.79 bits per heavy atom. The van der Waals surface area contributed by atoms with E-state index in [-0.39, 0.29) is 24.1 Å². The van der Waals surface area contributed by atoms with Crippen LogP contribution in [0.4, 0.5) is 10.7 Å². The molecule has 4 heterocycles. The van der Waals surface area contributed by atoms with Gasteiger partial charge < -0.3 is 20.3 Å². The molecule has 3 aromatic rings. The van der Waals surface area contributed by atoms with Gasteiger partial charge in [-0.05, 0) is 57.7 Å². The molecule has 0 aromatic carbocycles. The van der Waals surface area contributed by atoms with E-state index < -0.39 is 5.60 Å². The molecule has 1 aliphatic heterocycles. The number of aromatic nitrogens is 3. The maximum Gasteiger partial charge on any atom is 0.410 e. The summed E-state index contributed by atoms with van der Waals surface area (Å²) in [6.07, 6.45) is 2.03. The fourth-order valence-electron chi connectivity index (χ4n) is 3.61. The number of amides is 2. The van der Waals surface area contributed by atoms with Crippen LogP contribution < -0.4 is 10.6 Å². The number of nitrogens with one attached hydrogen (secondary N) is 2. The van der Waals surface area contributed by atoms with Crippen molar-refractivity contribution in [3.8, 4) is 0 Å². The second kappa shape index (κ2) is 9.30. The van der Waals surface area contributed by atoms with Gasteiger partial charge in [-0.3, -0.25) is 9.78 Å². The van der Waals surface area contributed by atoms with Crippen LogP contribution in [-0.4, -0.2) is 56.6 Å². The van der Waals surface area contributed by atoms with E-state index in [4.69, 9.17) is 4.74 Å². The molecule has 0 bridgehead atoms. The Kier molecular flexibility index (Phi) is 6.46. The summed E-state index contributed by atoms with van der Waals surface area (Å²) in [4.78, 5) is 40.5. The average molecular weight is 469 g/mol. The second-order valence-corrected chi connectivity index (χ2v) is 9.95. The zero-order valence-electron chi connectivity index (χ0n) is 19.2. The number of pyridine rings is 1. The third kappa shape index (κ3) is 5.57. The van der Waals surface area contributed by atoms with Crippen molar-refractivity contribution in [2.45, 2.75) is 51.8 Å². The van der Waals surface area contributed by atoms with Crippen molar-refractivity contribution in [1.82, 2.24) is 25.2 Å².